The van der Waals surface area contributed by atoms with Gasteiger partial charge in [-0.05, 0) is 12.1 Å². The van der Waals surface area contributed by atoms with E-state index in [0.717, 1.165) is 32.0 Å². The predicted molar refractivity (Wildman–Crippen MR) is 81.5 cm³/mol. The van der Waals surface area contributed by atoms with Gasteiger partial charge < -0.3 is 13.7 Å². The molecule has 1 fully saturated rings. The number of nitrogens with zero attached hydrogens (tertiary/aromatic N) is 6. The van der Waals surface area contributed by atoms with Gasteiger partial charge in [-0.25, -0.2) is 4.98 Å². The molecule has 0 aliphatic carbocycles. The van der Waals surface area contributed by atoms with Gasteiger partial charge in [-0.15, -0.1) is 10.2 Å². The van der Waals surface area contributed by atoms with Gasteiger partial charge in [0.25, 0.3) is 5.89 Å². The third-order valence-electron chi connectivity index (χ3n) is 3.80. The van der Waals surface area contributed by atoms with Crippen molar-refractivity contribution in [2.45, 2.75) is 6.54 Å². The lowest BCUT2D eigenvalue weighted by Gasteiger charge is -2.34. The Labute approximate surface area is 132 Å². The Kier molecular flexibility index (Phi) is 3.73. The second kappa shape index (κ2) is 6.17. The normalized spacial score (nSPS) is 15.9. The van der Waals surface area contributed by atoms with Gasteiger partial charge in [0.1, 0.15) is 5.82 Å². The van der Waals surface area contributed by atoms with Crippen LogP contribution in [0.1, 0.15) is 5.89 Å². The van der Waals surface area contributed by atoms with Crippen molar-refractivity contribution >= 4 is 5.82 Å². The average Bonchev–Trinajstić information content (AvgIpc) is 3.28. The molecule has 8 heteroatoms. The topological polar surface area (TPSA) is 84.3 Å². The number of anilines is 1. The summed E-state index contributed by atoms with van der Waals surface area (Å²) in [7, 11) is 0. The maximum absolute atomic E-state index is 5.65. The molecule has 0 saturated carbocycles. The highest BCUT2D eigenvalue weighted by Gasteiger charge is 2.20. The SMILES string of the molecule is c1coc(-c2nnc(CN3CCN(c4cnccn4)CC3)o2)c1. The zero-order chi connectivity index (χ0) is 15.5. The lowest BCUT2D eigenvalue weighted by molar-refractivity contribution is 0.226. The van der Waals surface area contributed by atoms with E-state index in [2.05, 4.69) is 30.0 Å². The number of hydrogen-bond donors (Lipinski definition) is 0. The van der Waals surface area contributed by atoms with Crippen molar-refractivity contribution in [2.24, 2.45) is 0 Å². The molecule has 0 unspecified atom stereocenters. The van der Waals surface area contributed by atoms with Crippen LogP contribution in [0.5, 0.6) is 0 Å². The van der Waals surface area contributed by atoms with Gasteiger partial charge in [0, 0.05) is 38.6 Å². The van der Waals surface area contributed by atoms with Crippen LogP contribution >= 0.6 is 0 Å². The summed E-state index contributed by atoms with van der Waals surface area (Å²) in [5.74, 6) is 2.54. The molecule has 0 atom stereocenters. The van der Waals surface area contributed by atoms with E-state index >= 15 is 0 Å². The van der Waals surface area contributed by atoms with Crippen molar-refractivity contribution in [3.63, 3.8) is 0 Å². The minimum atomic E-state index is 0.420. The van der Waals surface area contributed by atoms with Crippen molar-refractivity contribution in [3.8, 4) is 11.7 Å². The molecule has 3 aromatic heterocycles. The standard InChI is InChI=1S/C15H16N6O2/c1-2-12(22-9-1)15-19-18-14(23-15)11-20-5-7-21(8-6-20)13-10-16-3-4-17-13/h1-4,9-10H,5-8,11H2. The van der Waals surface area contributed by atoms with Crippen LogP contribution in [0.25, 0.3) is 11.7 Å². The summed E-state index contributed by atoms with van der Waals surface area (Å²) in [6.07, 6.45) is 6.79. The fourth-order valence-corrected chi connectivity index (χ4v) is 2.60. The summed E-state index contributed by atoms with van der Waals surface area (Å²) in [5.41, 5.74) is 0. The van der Waals surface area contributed by atoms with Gasteiger partial charge in [-0.1, -0.05) is 0 Å². The number of piperazine rings is 1. The van der Waals surface area contributed by atoms with Gasteiger partial charge in [-0.3, -0.25) is 9.88 Å². The molecule has 23 heavy (non-hydrogen) atoms. The Bertz CT molecular complexity index is 734. The molecule has 0 aromatic carbocycles. The molecule has 1 aliphatic heterocycles. The summed E-state index contributed by atoms with van der Waals surface area (Å²) in [6, 6.07) is 3.60. The van der Waals surface area contributed by atoms with Crippen LogP contribution in [0.3, 0.4) is 0 Å². The first kappa shape index (κ1) is 13.9. The highest BCUT2D eigenvalue weighted by atomic mass is 16.4. The van der Waals surface area contributed by atoms with Crippen molar-refractivity contribution in [1.82, 2.24) is 25.1 Å². The summed E-state index contributed by atoms with van der Waals surface area (Å²) < 4.78 is 10.9. The van der Waals surface area contributed by atoms with E-state index < -0.39 is 0 Å². The fourth-order valence-electron chi connectivity index (χ4n) is 2.60. The van der Waals surface area contributed by atoms with Crippen molar-refractivity contribution < 1.29 is 8.83 Å². The van der Waals surface area contributed by atoms with Crippen molar-refractivity contribution in [3.05, 3.63) is 42.9 Å². The Morgan fingerprint density at radius 2 is 2.00 bits per heavy atom. The van der Waals surface area contributed by atoms with E-state index in [1.807, 2.05) is 0 Å². The minimum absolute atomic E-state index is 0.420. The summed E-state index contributed by atoms with van der Waals surface area (Å²) >= 11 is 0. The van der Waals surface area contributed by atoms with Crippen LogP contribution in [0.15, 0.2) is 45.8 Å². The molecule has 3 aromatic rings. The summed E-state index contributed by atoms with van der Waals surface area (Å²) in [5, 5.41) is 8.11. The molecule has 1 saturated heterocycles. The molecular weight excluding hydrogens is 296 g/mol. The summed E-state index contributed by atoms with van der Waals surface area (Å²) in [4.78, 5) is 13.0. The summed E-state index contributed by atoms with van der Waals surface area (Å²) in [6.45, 7) is 4.27. The molecular formula is C15H16N6O2. The van der Waals surface area contributed by atoms with Gasteiger partial charge in [-0.2, -0.15) is 0 Å². The van der Waals surface area contributed by atoms with E-state index in [9.17, 15) is 0 Å². The van der Waals surface area contributed by atoms with Crippen molar-refractivity contribution in [2.75, 3.05) is 31.1 Å². The second-order valence-electron chi connectivity index (χ2n) is 5.31. The molecule has 4 heterocycles. The van der Waals surface area contributed by atoms with E-state index in [1.54, 1.807) is 37.0 Å². The van der Waals surface area contributed by atoms with E-state index in [1.165, 1.54) is 0 Å². The molecule has 4 rings (SSSR count). The highest BCUT2D eigenvalue weighted by molar-refractivity contribution is 5.42. The molecule has 0 radical (unpaired) electrons. The maximum atomic E-state index is 5.65. The Hall–Kier alpha value is -2.74. The number of furan rings is 1. The number of aromatic nitrogens is 4. The fraction of sp³-hybridized carbons (Fsp3) is 0.333. The highest BCUT2D eigenvalue weighted by Crippen LogP contribution is 2.19. The monoisotopic (exact) mass is 312 g/mol. The third kappa shape index (κ3) is 3.07. The molecule has 0 bridgehead atoms. The third-order valence-corrected chi connectivity index (χ3v) is 3.80. The van der Waals surface area contributed by atoms with Gasteiger partial charge in [0.2, 0.25) is 5.89 Å². The quantitative estimate of drug-likeness (QED) is 0.715. The molecule has 8 nitrogen and oxygen atoms in total. The zero-order valence-electron chi connectivity index (χ0n) is 12.5. The first-order valence-electron chi connectivity index (χ1n) is 7.48. The molecule has 0 spiro atoms. The minimum Gasteiger partial charge on any atom is -0.459 e. The smallest absolute Gasteiger partial charge is 0.283 e. The molecule has 1 aliphatic rings. The van der Waals surface area contributed by atoms with Gasteiger partial charge in [0.15, 0.2) is 5.76 Å². The maximum Gasteiger partial charge on any atom is 0.283 e. The van der Waals surface area contributed by atoms with E-state index in [0.29, 0.717) is 24.1 Å². The Morgan fingerprint density at radius 3 is 2.74 bits per heavy atom. The first-order valence-corrected chi connectivity index (χ1v) is 7.48. The van der Waals surface area contributed by atoms with Crippen LogP contribution in [0.2, 0.25) is 0 Å². The molecule has 118 valence electrons. The van der Waals surface area contributed by atoms with Crippen LogP contribution in [0.4, 0.5) is 5.82 Å². The van der Waals surface area contributed by atoms with Crippen LogP contribution in [0, 0.1) is 0 Å². The lowest BCUT2D eigenvalue weighted by atomic mass is 10.3. The van der Waals surface area contributed by atoms with E-state index in [4.69, 9.17) is 8.83 Å². The van der Waals surface area contributed by atoms with Crippen LogP contribution in [-0.4, -0.2) is 51.2 Å². The second-order valence-corrected chi connectivity index (χ2v) is 5.31. The largest absolute Gasteiger partial charge is 0.459 e. The number of rotatable bonds is 4. The Balaban J connectivity index is 1.35. The predicted octanol–water partition coefficient (Wildman–Crippen LogP) is 1.44. The van der Waals surface area contributed by atoms with Crippen LogP contribution < -0.4 is 4.90 Å². The van der Waals surface area contributed by atoms with Crippen molar-refractivity contribution in [1.29, 1.82) is 0 Å². The Morgan fingerprint density at radius 1 is 1.09 bits per heavy atom. The molecule has 0 amide bonds. The number of hydrogen-bond acceptors (Lipinski definition) is 8. The first-order chi connectivity index (χ1) is 11.4. The molecule has 0 N–H and O–H groups in total. The van der Waals surface area contributed by atoms with Gasteiger partial charge >= 0.3 is 0 Å². The van der Waals surface area contributed by atoms with E-state index in [-0.39, 0.29) is 0 Å². The average molecular weight is 312 g/mol. The zero-order valence-corrected chi connectivity index (χ0v) is 12.5. The van der Waals surface area contributed by atoms with Gasteiger partial charge in [0.05, 0.1) is 19.0 Å². The lowest BCUT2D eigenvalue weighted by Crippen LogP contribution is -2.46. The van der Waals surface area contributed by atoms with Crippen LogP contribution in [-0.2, 0) is 6.54 Å².